The summed E-state index contributed by atoms with van der Waals surface area (Å²) in [6.07, 6.45) is 47.2. The number of hydrogen-bond donors (Lipinski definition) is 0. The second-order valence-corrected chi connectivity index (χ2v) is 17.0. The molecule has 1 fully saturated rings. The second kappa shape index (κ2) is 29.0. The van der Waals surface area contributed by atoms with Gasteiger partial charge in [0.15, 0.2) is 0 Å². The van der Waals surface area contributed by atoms with Crippen molar-refractivity contribution in [3.63, 3.8) is 0 Å². The summed E-state index contributed by atoms with van der Waals surface area (Å²) in [6, 6.07) is 0. The average molecular weight is 631 g/mol. The summed E-state index contributed by atoms with van der Waals surface area (Å²) < 4.78 is 0. The van der Waals surface area contributed by atoms with Crippen LogP contribution in [0.3, 0.4) is 0 Å². The van der Waals surface area contributed by atoms with Crippen LogP contribution in [0.1, 0.15) is 254 Å². The van der Waals surface area contributed by atoms with Gasteiger partial charge in [0.25, 0.3) is 0 Å². The molecule has 1 saturated carbocycles. The standard InChI is InChI=1S/C45H90/c1-8-14-20-26-40(27-21-15-9-2)32-33-44-39-45(7,36-34-41(28-22-16-10-3)29-23-17-11-4)37-35-43(44)38-42(30-24-18-12-5)31-25-19-13-6/h40-44H,8-39H2,1-7H3. The lowest BCUT2D eigenvalue weighted by molar-refractivity contribution is 0.0613. The van der Waals surface area contributed by atoms with Crippen LogP contribution in [0, 0.1) is 35.0 Å². The first-order chi connectivity index (χ1) is 21.9. The van der Waals surface area contributed by atoms with Crippen LogP contribution in [0.4, 0.5) is 0 Å². The molecule has 1 aliphatic carbocycles. The molecule has 270 valence electrons. The van der Waals surface area contributed by atoms with Crippen LogP contribution in [0.25, 0.3) is 0 Å². The van der Waals surface area contributed by atoms with Gasteiger partial charge < -0.3 is 0 Å². The first-order valence-corrected chi connectivity index (χ1v) is 21.9. The monoisotopic (exact) mass is 631 g/mol. The fraction of sp³-hybridized carbons (Fsp3) is 1.00. The number of rotatable bonds is 32. The molecule has 0 nitrogen and oxygen atoms in total. The van der Waals surface area contributed by atoms with Gasteiger partial charge in [-0.15, -0.1) is 0 Å². The molecule has 0 aliphatic heterocycles. The first kappa shape index (κ1) is 43.0. The van der Waals surface area contributed by atoms with Gasteiger partial charge in [-0.3, -0.25) is 0 Å². The highest BCUT2D eigenvalue weighted by Crippen LogP contribution is 2.50. The van der Waals surface area contributed by atoms with E-state index in [1.54, 1.807) is 25.7 Å². The van der Waals surface area contributed by atoms with Gasteiger partial charge >= 0.3 is 0 Å². The van der Waals surface area contributed by atoms with Crippen LogP contribution in [0.5, 0.6) is 0 Å². The van der Waals surface area contributed by atoms with Crippen molar-refractivity contribution in [3.05, 3.63) is 0 Å². The largest absolute Gasteiger partial charge is 0.0654 e. The molecule has 0 amide bonds. The Morgan fingerprint density at radius 3 is 1.22 bits per heavy atom. The van der Waals surface area contributed by atoms with Crippen molar-refractivity contribution in [2.75, 3.05) is 0 Å². The molecule has 0 heterocycles. The zero-order valence-corrected chi connectivity index (χ0v) is 33.0. The summed E-state index contributed by atoms with van der Waals surface area (Å²) in [7, 11) is 0. The van der Waals surface area contributed by atoms with E-state index in [2.05, 4.69) is 48.5 Å². The first-order valence-electron chi connectivity index (χ1n) is 21.9. The van der Waals surface area contributed by atoms with Crippen LogP contribution in [0.15, 0.2) is 0 Å². The third kappa shape index (κ3) is 21.6. The Labute approximate surface area is 288 Å². The predicted molar refractivity (Wildman–Crippen MR) is 207 cm³/mol. The van der Waals surface area contributed by atoms with E-state index in [1.165, 1.54) is 180 Å². The maximum absolute atomic E-state index is 2.76. The lowest BCUT2D eigenvalue weighted by Crippen LogP contribution is -2.34. The molecule has 0 aromatic heterocycles. The van der Waals surface area contributed by atoms with Crippen LogP contribution in [0.2, 0.25) is 0 Å². The van der Waals surface area contributed by atoms with Crippen molar-refractivity contribution < 1.29 is 0 Å². The topological polar surface area (TPSA) is 0 Å². The second-order valence-electron chi connectivity index (χ2n) is 17.0. The predicted octanol–water partition coefficient (Wildman–Crippen LogP) is 16.7. The summed E-state index contributed by atoms with van der Waals surface area (Å²) in [4.78, 5) is 0. The maximum atomic E-state index is 2.76. The highest BCUT2D eigenvalue weighted by molar-refractivity contribution is 4.89. The fourth-order valence-electron chi connectivity index (χ4n) is 9.32. The Kier molecular flexibility index (Phi) is 27.7. The van der Waals surface area contributed by atoms with E-state index in [9.17, 15) is 0 Å². The van der Waals surface area contributed by atoms with Gasteiger partial charge in [-0.05, 0) is 80.0 Å². The molecule has 0 bridgehead atoms. The highest BCUT2D eigenvalue weighted by atomic mass is 14.4. The van der Waals surface area contributed by atoms with E-state index in [0.717, 1.165) is 29.6 Å². The lowest BCUT2D eigenvalue weighted by atomic mass is 9.60. The zero-order chi connectivity index (χ0) is 33.0. The van der Waals surface area contributed by atoms with Crippen LogP contribution >= 0.6 is 0 Å². The van der Waals surface area contributed by atoms with Crippen molar-refractivity contribution >= 4 is 0 Å². The maximum Gasteiger partial charge on any atom is -0.0323 e. The molecule has 0 radical (unpaired) electrons. The van der Waals surface area contributed by atoms with E-state index < -0.39 is 0 Å². The van der Waals surface area contributed by atoms with E-state index in [-0.39, 0.29) is 0 Å². The Bertz CT molecular complexity index is 577. The molecule has 3 unspecified atom stereocenters. The van der Waals surface area contributed by atoms with Gasteiger partial charge in [-0.1, -0.05) is 209 Å². The van der Waals surface area contributed by atoms with Gasteiger partial charge in [0.1, 0.15) is 0 Å². The quantitative estimate of drug-likeness (QED) is 0.0649. The van der Waals surface area contributed by atoms with Crippen molar-refractivity contribution in [3.8, 4) is 0 Å². The SMILES string of the molecule is CCCCCC(CCCCC)CCC1CC(C)(CCC(CCCCC)CCCCC)CCC1CC(CCCCC)CCCCC. The minimum Gasteiger partial charge on any atom is -0.0654 e. The minimum absolute atomic E-state index is 0.606. The Morgan fingerprint density at radius 1 is 0.444 bits per heavy atom. The summed E-state index contributed by atoms with van der Waals surface area (Å²) in [5, 5.41) is 0. The number of unbranched alkanes of at least 4 members (excludes halogenated alkanes) is 12. The minimum atomic E-state index is 0.606. The Hall–Kier alpha value is 0. The van der Waals surface area contributed by atoms with Gasteiger partial charge in [-0.25, -0.2) is 0 Å². The Balaban J connectivity index is 3.01. The third-order valence-corrected chi connectivity index (χ3v) is 12.6. The highest BCUT2D eigenvalue weighted by Gasteiger charge is 2.38. The van der Waals surface area contributed by atoms with Gasteiger partial charge in [0.05, 0.1) is 0 Å². The van der Waals surface area contributed by atoms with Crippen LogP contribution in [-0.2, 0) is 0 Å². The van der Waals surface area contributed by atoms with Gasteiger partial charge in [-0.2, -0.15) is 0 Å². The van der Waals surface area contributed by atoms with Gasteiger partial charge in [0, 0.05) is 0 Å². The van der Waals surface area contributed by atoms with Crippen molar-refractivity contribution in [1.29, 1.82) is 0 Å². The fourth-order valence-corrected chi connectivity index (χ4v) is 9.32. The molecule has 0 aromatic rings. The molecule has 0 aromatic carbocycles. The zero-order valence-electron chi connectivity index (χ0n) is 33.0. The molecule has 45 heavy (non-hydrogen) atoms. The van der Waals surface area contributed by atoms with E-state index in [1.807, 2.05) is 0 Å². The molecular formula is C45H90. The van der Waals surface area contributed by atoms with Crippen molar-refractivity contribution in [1.82, 2.24) is 0 Å². The molecule has 0 heteroatoms. The van der Waals surface area contributed by atoms with Crippen molar-refractivity contribution in [2.45, 2.75) is 254 Å². The average Bonchev–Trinajstić information content (AvgIpc) is 3.03. The molecule has 1 rings (SSSR count). The van der Waals surface area contributed by atoms with Gasteiger partial charge in [0.2, 0.25) is 0 Å². The molecule has 3 atom stereocenters. The normalized spacial score (nSPS) is 20.7. The smallest absolute Gasteiger partial charge is 0.0323 e. The molecule has 1 aliphatic rings. The molecule has 0 saturated heterocycles. The number of hydrogen-bond acceptors (Lipinski definition) is 0. The molecular weight excluding hydrogens is 540 g/mol. The summed E-state index contributed by atoms with van der Waals surface area (Å²) in [5.41, 5.74) is 0.606. The van der Waals surface area contributed by atoms with Crippen LogP contribution < -0.4 is 0 Å². The lowest BCUT2D eigenvalue weighted by Gasteiger charge is -2.45. The third-order valence-electron chi connectivity index (χ3n) is 12.6. The Morgan fingerprint density at radius 2 is 0.822 bits per heavy atom. The molecule has 0 spiro atoms. The van der Waals surface area contributed by atoms with E-state index in [4.69, 9.17) is 0 Å². The summed E-state index contributed by atoms with van der Waals surface area (Å²) in [6.45, 7) is 17.1. The molecule has 0 N–H and O–H groups in total. The summed E-state index contributed by atoms with van der Waals surface area (Å²) >= 11 is 0. The van der Waals surface area contributed by atoms with Crippen molar-refractivity contribution in [2.24, 2.45) is 35.0 Å². The van der Waals surface area contributed by atoms with E-state index >= 15 is 0 Å². The summed E-state index contributed by atoms with van der Waals surface area (Å²) in [5.74, 6) is 5.03. The van der Waals surface area contributed by atoms with E-state index in [0.29, 0.717) is 5.41 Å². The van der Waals surface area contributed by atoms with Crippen LogP contribution in [-0.4, -0.2) is 0 Å².